The standard InChI is InChI=1S/C10H22N2OS/c1-3-12(4-2)5-6-14(13)9-10-7-11-8-10/h10-11H,3-9H2,1-2H3. The van der Waals surface area contributed by atoms with Gasteiger partial charge in [-0.1, -0.05) is 13.8 Å². The summed E-state index contributed by atoms with van der Waals surface area (Å²) in [6.45, 7) is 9.57. The molecule has 1 aliphatic rings. The lowest BCUT2D eigenvalue weighted by molar-refractivity contribution is 0.322. The Bertz CT molecular complexity index is 179. The van der Waals surface area contributed by atoms with E-state index in [-0.39, 0.29) is 0 Å². The van der Waals surface area contributed by atoms with Crippen molar-refractivity contribution in [3.8, 4) is 0 Å². The van der Waals surface area contributed by atoms with Crippen molar-refractivity contribution in [2.75, 3.05) is 44.2 Å². The Morgan fingerprint density at radius 1 is 1.36 bits per heavy atom. The molecule has 0 aromatic carbocycles. The van der Waals surface area contributed by atoms with Crippen LogP contribution in [0.15, 0.2) is 0 Å². The molecule has 14 heavy (non-hydrogen) atoms. The fourth-order valence-corrected chi connectivity index (χ4v) is 2.97. The van der Waals surface area contributed by atoms with Crippen LogP contribution in [0.1, 0.15) is 13.8 Å². The molecular formula is C10H22N2OS. The van der Waals surface area contributed by atoms with Crippen LogP contribution in [0, 0.1) is 5.92 Å². The maximum atomic E-state index is 11.6. The molecule has 0 aromatic rings. The first-order valence-electron chi connectivity index (χ1n) is 5.54. The minimum atomic E-state index is -0.604. The first-order valence-corrected chi connectivity index (χ1v) is 7.03. The normalized spacial score (nSPS) is 19.6. The number of nitrogens with one attached hydrogen (secondary N) is 1. The Morgan fingerprint density at radius 2 is 2.00 bits per heavy atom. The molecule has 4 heteroatoms. The van der Waals surface area contributed by atoms with Gasteiger partial charge in [-0.2, -0.15) is 0 Å². The van der Waals surface area contributed by atoms with Gasteiger partial charge < -0.3 is 10.2 Å². The SMILES string of the molecule is CCN(CC)CCS(=O)CC1CNC1. The van der Waals surface area contributed by atoms with Gasteiger partial charge >= 0.3 is 0 Å². The summed E-state index contributed by atoms with van der Waals surface area (Å²) in [6, 6.07) is 0. The summed E-state index contributed by atoms with van der Waals surface area (Å²) in [6.07, 6.45) is 0. The van der Waals surface area contributed by atoms with Crippen LogP contribution in [-0.4, -0.2) is 53.3 Å². The van der Waals surface area contributed by atoms with Crippen LogP contribution < -0.4 is 5.32 Å². The fraction of sp³-hybridized carbons (Fsp3) is 1.00. The molecular weight excluding hydrogens is 196 g/mol. The van der Waals surface area contributed by atoms with E-state index in [9.17, 15) is 4.21 Å². The van der Waals surface area contributed by atoms with Gasteiger partial charge in [0.1, 0.15) is 0 Å². The molecule has 0 aromatic heterocycles. The molecule has 0 spiro atoms. The van der Waals surface area contributed by atoms with E-state index in [2.05, 4.69) is 24.1 Å². The molecule has 1 saturated heterocycles. The molecule has 1 unspecified atom stereocenters. The zero-order chi connectivity index (χ0) is 10.4. The maximum Gasteiger partial charge on any atom is 0.0362 e. The smallest absolute Gasteiger partial charge is 0.0362 e. The van der Waals surface area contributed by atoms with Gasteiger partial charge in [-0.15, -0.1) is 0 Å². The zero-order valence-electron chi connectivity index (χ0n) is 9.29. The highest BCUT2D eigenvalue weighted by atomic mass is 32.2. The van der Waals surface area contributed by atoms with Crippen LogP contribution in [0.5, 0.6) is 0 Å². The molecule has 1 fully saturated rings. The lowest BCUT2D eigenvalue weighted by atomic mass is 10.1. The van der Waals surface area contributed by atoms with Gasteiger partial charge in [0.2, 0.25) is 0 Å². The number of rotatable bonds is 7. The molecule has 1 aliphatic heterocycles. The Morgan fingerprint density at radius 3 is 2.43 bits per heavy atom. The predicted molar refractivity (Wildman–Crippen MR) is 62.0 cm³/mol. The molecule has 1 N–H and O–H groups in total. The van der Waals surface area contributed by atoms with Crippen molar-refractivity contribution >= 4 is 10.8 Å². The van der Waals surface area contributed by atoms with Crippen molar-refractivity contribution in [3.63, 3.8) is 0 Å². The van der Waals surface area contributed by atoms with Gasteiger partial charge in [-0.3, -0.25) is 4.21 Å². The third-order valence-corrected chi connectivity index (χ3v) is 4.30. The van der Waals surface area contributed by atoms with Crippen LogP contribution in [-0.2, 0) is 10.8 Å². The highest BCUT2D eigenvalue weighted by Gasteiger charge is 2.19. The largest absolute Gasteiger partial charge is 0.316 e. The van der Waals surface area contributed by atoms with E-state index in [1.54, 1.807) is 0 Å². The monoisotopic (exact) mass is 218 g/mol. The van der Waals surface area contributed by atoms with Crippen LogP contribution in [0.2, 0.25) is 0 Å². The average molecular weight is 218 g/mol. The molecule has 1 heterocycles. The Labute approximate surface area is 89.7 Å². The molecule has 0 amide bonds. The molecule has 0 bridgehead atoms. The highest BCUT2D eigenvalue weighted by Crippen LogP contribution is 2.05. The Balaban J connectivity index is 2.07. The van der Waals surface area contributed by atoms with E-state index in [0.717, 1.165) is 44.2 Å². The van der Waals surface area contributed by atoms with Gasteiger partial charge in [-0.05, 0) is 19.0 Å². The molecule has 0 aliphatic carbocycles. The van der Waals surface area contributed by atoms with E-state index in [4.69, 9.17) is 0 Å². The summed E-state index contributed by atoms with van der Waals surface area (Å²) in [4.78, 5) is 2.33. The van der Waals surface area contributed by atoms with Crippen LogP contribution in [0.3, 0.4) is 0 Å². The van der Waals surface area contributed by atoms with Crippen molar-refractivity contribution in [1.82, 2.24) is 10.2 Å². The second-order valence-electron chi connectivity index (χ2n) is 3.86. The van der Waals surface area contributed by atoms with E-state index in [0.29, 0.717) is 5.92 Å². The Hall–Kier alpha value is 0.0700. The van der Waals surface area contributed by atoms with E-state index < -0.39 is 10.8 Å². The second kappa shape index (κ2) is 6.53. The predicted octanol–water partition coefficient (Wildman–Crippen LogP) is 0.296. The molecule has 1 rings (SSSR count). The van der Waals surface area contributed by atoms with Gasteiger partial charge in [0.05, 0.1) is 0 Å². The second-order valence-corrected chi connectivity index (χ2v) is 5.48. The summed E-state index contributed by atoms with van der Waals surface area (Å²) in [7, 11) is -0.604. The summed E-state index contributed by atoms with van der Waals surface area (Å²) < 4.78 is 11.6. The van der Waals surface area contributed by atoms with Crippen molar-refractivity contribution in [1.29, 1.82) is 0 Å². The van der Waals surface area contributed by atoms with Crippen LogP contribution in [0.25, 0.3) is 0 Å². The van der Waals surface area contributed by atoms with Crippen LogP contribution >= 0.6 is 0 Å². The zero-order valence-corrected chi connectivity index (χ0v) is 10.1. The first-order chi connectivity index (χ1) is 6.76. The lowest BCUT2D eigenvalue weighted by Crippen LogP contribution is -2.45. The summed E-state index contributed by atoms with van der Waals surface area (Å²) >= 11 is 0. The van der Waals surface area contributed by atoms with Gasteiger partial charge in [0.15, 0.2) is 0 Å². The van der Waals surface area contributed by atoms with Crippen LogP contribution in [0.4, 0.5) is 0 Å². The van der Waals surface area contributed by atoms with E-state index in [1.807, 2.05) is 0 Å². The van der Waals surface area contributed by atoms with Crippen molar-refractivity contribution in [2.24, 2.45) is 5.92 Å². The number of nitrogens with zero attached hydrogens (tertiary/aromatic N) is 1. The van der Waals surface area contributed by atoms with E-state index in [1.165, 1.54) is 0 Å². The Kier molecular flexibility index (Phi) is 5.67. The quantitative estimate of drug-likeness (QED) is 0.667. The third kappa shape index (κ3) is 4.07. The molecule has 84 valence electrons. The van der Waals surface area contributed by atoms with Gasteiger partial charge in [-0.25, -0.2) is 0 Å². The number of hydrogen-bond donors (Lipinski definition) is 1. The summed E-state index contributed by atoms with van der Waals surface area (Å²) in [5.74, 6) is 2.42. The molecule has 3 nitrogen and oxygen atoms in total. The fourth-order valence-electron chi connectivity index (χ4n) is 1.58. The van der Waals surface area contributed by atoms with Gasteiger partial charge in [0.25, 0.3) is 0 Å². The van der Waals surface area contributed by atoms with Crippen molar-refractivity contribution < 1.29 is 4.21 Å². The number of hydrogen-bond acceptors (Lipinski definition) is 3. The topological polar surface area (TPSA) is 32.3 Å². The van der Waals surface area contributed by atoms with Crippen molar-refractivity contribution in [3.05, 3.63) is 0 Å². The lowest BCUT2D eigenvalue weighted by Gasteiger charge is -2.26. The summed E-state index contributed by atoms with van der Waals surface area (Å²) in [5, 5.41) is 3.21. The average Bonchev–Trinajstić information content (AvgIpc) is 2.13. The van der Waals surface area contributed by atoms with Gasteiger partial charge in [0, 0.05) is 41.9 Å². The van der Waals surface area contributed by atoms with Crippen molar-refractivity contribution in [2.45, 2.75) is 13.8 Å². The highest BCUT2D eigenvalue weighted by molar-refractivity contribution is 7.85. The maximum absolute atomic E-state index is 11.6. The molecule has 1 atom stereocenters. The molecule has 0 saturated carbocycles. The third-order valence-electron chi connectivity index (χ3n) is 2.82. The minimum Gasteiger partial charge on any atom is -0.316 e. The first kappa shape index (κ1) is 12.1. The molecule has 0 radical (unpaired) electrons. The minimum absolute atomic E-state index is 0.604. The summed E-state index contributed by atoms with van der Waals surface area (Å²) in [5.41, 5.74) is 0. The van der Waals surface area contributed by atoms with E-state index >= 15 is 0 Å².